The maximum absolute atomic E-state index is 13.3. The summed E-state index contributed by atoms with van der Waals surface area (Å²) in [5, 5.41) is 3.47. The predicted molar refractivity (Wildman–Crippen MR) is 106 cm³/mol. The smallest absolute Gasteiger partial charge is 0.325 e. The summed E-state index contributed by atoms with van der Waals surface area (Å²) in [4.78, 5) is 27.4. The predicted octanol–water partition coefficient (Wildman–Crippen LogP) is 3.92. The summed E-state index contributed by atoms with van der Waals surface area (Å²) < 4.78 is 10.7. The van der Waals surface area contributed by atoms with Gasteiger partial charge in [-0.05, 0) is 29.7 Å². The van der Waals surface area contributed by atoms with Crippen LogP contribution < -0.4 is 10.2 Å². The number of benzene rings is 1. The van der Waals surface area contributed by atoms with E-state index < -0.39 is 12.0 Å². The van der Waals surface area contributed by atoms with Crippen LogP contribution in [0.15, 0.2) is 58.9 Å². The van der Waals surface area contributed by atoms with Crippen LogP contribution in [-0.2, 0) is 14.3 Å². The van der Waals surface area contributed by atoms with Crippen molar-refractivity contribution in [1.29, 1.82) is 0 Å². The number of allylic oxidation sites excluding steroid dienone is 1. The molecule has 2 aliphatic rings. The van der Waals surface area contributed by atoms with E-state index in [0.717, 1.165) is 17.1 Å². The van der Waals surface area contributed by atoms with E-state index in [1.807, 2.05) is 35.2 Å². The number of rotatable bonds is 3. The Balaban J connectivity index is 1.94. The fourth-order valence-corrected chi connectivity index (χ4v) is 4.23. The van der Waals surface area contributed by atoms with Crippen molar-refractivity contribution in [3.63, 3.8) is 0 Å². The van der Waals surface area contributed by atoms with E-state index in [0.29, 0.717) is 12.2 Å². The van der Waals surface area contributed by atoms with Crippen molar-refractivity contribution >= 4 is 23.1 Å². The Morgan fingerprint density at radius 3 is 2.79 bits per heavy atom. The molecular weight excluding hydrogens is 356 g/mol. The highest BCUT2D eigenvalue weighted by Gasteiger charge is 2.46. The molecule has 6 heteroatoms. The number of hydrogen-bond acceptors (Lipinski definition) is 6. The van der Waals surface area contributed by atoms with Gasteiger partial charge in [-0.2, -0.15) is 0 Å². The number of anilines is 2. The zero-order valence-corrected chi connectivity index (χ0v) is 16.3. The Morgan fingerprint density at radius 1 is 1.29 bits per heavy atom. The van der Waals surface area contributed by atoms with Crippen LogP contribution in [0.3, 0.4) is 0 Å². The highest BCUT2D eigenvalue weighted by atomic mass is 16.5. The number of carbonyl (C=O) groups is 2. The molecule has 1 aromatic heterocycles. The minimum absolute atomic E-state index is 0.0149. The average molecular weight is 380 g/mol. The Hall–Kier alpha value is -3.02. The Morgan fingerprint density at radius 2 is 2.07 bits per heavy atom. The number of furan rings is 1. The average Bonchev–Trinajstić information content (AvgIpc) is 3.13. The molecule has 0 radical (unpaired) electrons. The Labute approximate surface area is 164 Å². The monoisotopic (exact) mass is 380 g/mol. The van der Waals surface area contributed by atoms with Gasteiger partial charge >= 0.3 is 5.97 Å². The highest BCUT2D eigenvalue weighted by Crippen LogP contribution is 2.48. The standard InChI is InChI=1S/C22H24N2O4/c1-22(2)11-15-20(17(25)12-22)21(18-9-6-10-28-18)24(13-19(26)27-3)16-8-5-4-7-14(16)23-15/h4-11,20-21,23H,12-13H2,1-3H3. The van der Waals surface area contributed by atoms with Crippen molar-refractivity contribution in [3.05, 3.63) is 60.2 Å². The van der Waals surface area contributed by atoms with Gasteiger partial charge in [0.25, 0.3) is 0 Å². The molecular formula is C22H24N2O4. The van der Waals surface area contributed by atoms with Crippen LogP contribution in [0.1, 0.15) is 32.1 Å². The SMILES string of the molecule is COC(=O)CN1c2ccccc2NC2=CC(C)(C)CC(=O)C2C1c1ccco1. The van der Waals surface area contributed by atoms with Gasteiger partial charge in [0.15, 0.2) is 0 Å². The van der Waals surface area contributed by atoms with E-state index in [4.69, 9.17) is 9.15 Å². The number of ketones is 1. The summed E-state index contributed by atoms with van der Waals surface area (Å²) in [5.41, 5.74) is 2.29. The quantitative estimate of drug-likeness (QED) is 0.814. The molecule has 146 valence electrons. The molecule has 2 unspecified atom stereocenters. The molecule has 4 rings (SSSR count). The molecule has 6 nitrogen and oxygen atoms in total. The molecule has 2 atom stereocenters. The molecule has 1 aliphatic heterocycles. The summed E-state index contributed by atoms with van der Waals surface area (Å²) in [5.74, 6) is -0.0657. The molecule has 0 fully saturated rings. The third kappa shape index (κ3) is 3.19. The second-order valence-electron chi connectivity index (χ2n) is 8.02. The summed E-state index contributed by atoms with van der Waals surface area (Å²) >= 11 is 0. The van der Waals surface area contributed by atoms with Crippen LogP contribution in [-0.4, -0.2) is 25.4 Å². The number of Topliss-reactive ketones (excluding diaryl/α,β-unsaturated/α-hetero) is 1. The van der Waals surface area contributed by atoms with Gasteiger partial charge in [-0.15, -0.1) is 0 Å². The first-order valence-electron chi connectivity index (χ1n) is 9.38. The number of methoxy groups -OCH3 is 1. The third-order valence-electron chi connectivity index (χ3n) is 5.36. The Bertz CT molecular complexity index is 930. The molecule has 0 amide bonds. The lowest BCUT2D eigenvalue weighted by Crippen LogP contribution is -2.43. The van der Waals surface area contributed by atoms with Gasteiger partial charge < -0.3 is 19.4 Å². The number of fused-ring (bicyclic) bond motifs is 2. The molecule has 28 heavy (non-hydrogen) atoms. The first-order chi connectivity index (χ1) is 13.4. The number of nitrogens with zero attached hydrogens (tertiary/aromatic N) is 1. The lowest BCUT2D eigenvalue weighted by molar-refractivity contribution is -0.139. The van der Waals surface area contributed by atoms with Crippen molar-refractivity contribution in [2.45, 2.75) is 26.3 Å². The summed E-state index contributed by atoms with van der Waals surface area (Å²) in [6.07, 6.45) is 4.16. The molecule has 1 aromatic carbocycles. The van der Waals surface area contributed by atoms with Crippen molar-refractivity contribution in [1.82, 2.24) is 0 Å². The van der Waals surface area contributed by atoms with Gasteiger partial charge in [-0.25, -0.2) is 0 Å². The van der Waals surface area contributed by atoms with E-state index >= 15 is 0 Å². The lowest BCUT2D eigenvalue weighted by atomic mass is 9.73. The zero-order chi connectivity index (χ0) is 19.9. The minimum Gasteiger partial charge on any atom is -0.468 e. The number of ether oxygens (including phenoxy) is 1. The molecule has 1 aliphatic carbocycles. The summed E-state index contributed by atoms with van der Waals surface area (Å²) in [7, 11) is 1.37. The van der Waals surface area contributed by atoms with Crippen LogP contribution in [0.5, 0.6) is 0 Å². The molecule has 0 spiro atoms. The maximum Gasteiger partial charge on any atom is 0.325 e. The molecule has 0 bridgehead atoms. The zero-order valence-electron chi connectivity index (χ0n) is 16.3. The van der Waals surface area contributed by atoms with Gasteiger partial charge in [-0.1, -0.05) is 32.1 Å². The van der Waals surface area contributed by atoms with Crippen LogP contribution in [0.25, 0.3) is 0 Å². The van der Waals surface area contributed by atoms with Crippen LogP contribution in [0.4, 0.5) is 11.4 Å². The van der Waals surface area contributed by atoms with E-state index in [1.54, 1.807) is 12.3 Å². The van der Waals surface area contributed by atoms with Crippen LogP contribution in [0.2, 0.25) is 0 Å². The number of carbonyl (C=O) groups excluding carboxylic acids is 2. The minimum atomic E-state index is -0.462. The molecule has 0 saturated heterocycles. The number of nitrogens with one attached hydrogen (secondary N) is 1. The topological polar surface area (TPSA) is 71.8 Å². The van der Waals surface area contributed by atoms with Crippen molar-refractivity contribution in [2.75, 3.05) is 23.9 Å². The lowest BCUT2D eigenvalue weighted by Gasteiger charge is -2.38. The van der Waals surface area contributed by atoms with Gasteiger partial charge in [0.1, 0.15) is 24.1 Å². The van der Waals surface area contributed by atoms with E-state index in [2.05, 4.69) is 25.2 Å². The van der Waals surface area contributed by atoms with Crippen molar-refractivity contribution in [2.24, 2.45) is 11.3 Å². The fraction of sp³-hybridized carbons (Fsp3) is 0.364. The summed E-state index contributed by atoms with van der Waals surface area (Å²) in [6.45, 7) is 4.13. The Kier molecular flexibility index (Phi) is 4.49. The molecule has 0 saturated carbocycles. The maximum atomic E-state index is 13.3. The van der Waals surface area contributed by atoms with Crippen molar-refractivity contribution < 1.29 is 18.7 Å². The number of hydrogen-bond donors (Lipinski definition) is 1. The first-order valence-corrected chi connectivity index (χ1v) is 9.38. The van der Waals surface area contributed by atoms with Crippen molar-refractivity contribution in [3.8, 4) is 0 Å². The highest BCUT2D eigenvalue weighted by molar-refractivity contribution is 5.91. The normalized spacial score (nSPS) is 23.0. The van der Waals surface area contributed by atoms with Gasteiger partial charge in [-0.3, -0.25) is 9.59 Å². The van der Waals surface area contributed by atoms with E-state index in [9.17, 15) is 9.59 Å². The number of esters is 1. The van der Waals surface area contributed by atoms with Gasteiger partial charge in [0, 0.05) is 12.1 Å². The second-order valence-corrected chi connectivity index (χ2v) is 8.02. The molecule has 2 heterocycles. The largest absolute Gasteiger partial charge is 0.468 e. The first kappa shape index (κ1) is 18.3. The van der Waals surface area contributed by atoms with E-state index in [-0.39, 0.29) is 23.7 Å². The van der Waals surface area contributed by atoms with E-state index in [1.165, 1.54) is 7.11 Å². The van der Waals surface area contributed by atoms with Crippen LogP contribution in [0, 0.1) is 11.3 Å². The number of para-hydroxylation sites is 2. The molecule has 1 N–H and O–H groups in total. The van der Waals surface area contributed by atoms with Gasteiger partial charge in [0.2, 0.25) is 0 Å². The van der Waals surface area contributed by atoms with Gasteiger partial charge in [0.05, 0.1) is 30.7 Å². The third-order valence-corrected chi connectivity index (χ3v) is 5.36. The second kappa shape index (κ2) is 6.86. The fourth-order valence-electron chi connectivity index (χ4n) is 4.23. The summed E-state index contributed by atoms with van der Waals surface area (Å²) in [6, 6.07) is 11.0. The van der Waals surface area contributed by atoms with Crippen LogP contribution >= 0.6 is 0 Å². The molecule has 2 aromatic rings.